The van der Waals surface area contributed by atoms with Gasteiger partial charge in [-0.05, 0) is 37.5 Å². The number of halogens is 2. The van der Waals surface area contributed by atoms with Gasteiger partial charge in [0.15, 0.2) is 0 Å². The van der Waals surface area contributed by atoms with Gasteiger partial charge in [-0.3, -0.25) is 4.79 Å². The van der Waals surface area contributed by atoms with Gasteiger partial charge in [0.1, 0.15) is 0 Å². The van der Waals surface area contributed by atoms with Crippen molar-refractivity contribution in [3.8, 4) is 0 Å². The standard InChI is InChI=1S/C13H17BrClNO/c1-3-11(6-7-14)16-13(17)10-5-4-9(2)12(15)8-10/h4-5,8,11H,3,6-7H2,1-2H3,(H,16,17). The van der Waals surface area contributed by atoms with Crippen LogP contribution in [-0.4, -0.2) is 17.3 Å². The summed E-state index contributed by atoms with van der Waals surface area (Å²) in [6.07, 6.45) is 1.86. The Hall–Kier alpha value is -0.540. The first kappa shape index (κ1) is 14.5. The maximum Gasteiger partial charge on any atom is 0.251 e. The average Bonchev–Trinajstić information content (AvgIpc) is 2.31. The molecule has 0 aliphatic rings. The summed E-state index contributed by atoms with van der Waals surface area (Å²) in [4.78, 5) is 12.0. The molecular weight excluding hydrogens is 302 g/mol. The van der Waals surface area contributed by atoms with E-state index in [4.69, 9.17) is 11.6 Å². The van der Waals surface area contributed by atoms with E-state index in [1.165, 1.54) is 0 Å². The Kier molecular flexibility index (Phi) is 6.00. The van der Waals surface area contributed by atoms with Gasteiger partial charge in [0, 0.05) is 22.0 Å². The van der Waals surface area contributed by atoms with E-state index in [2.05, 4.69) is 28.2 Å². The van der Waals surface area contributed by atoms with E-state index in [0.717, 1.165) is 23.7 Å². The molecule has 94 valence electrons. The quantitative estimate of drug-likeness (QED) is 0.819. The molecule has 0 spiro atoms. The van der Waals surface area contributed by atoms with Crippen LogP contribution in [0.5, 0.6) is 0 Å². The van der Waals surface area contributed by atoms with E-state index in [1.807, 2.05) is 13.0 Å². The normalized spacial score (nSPS) is 12.2. The number of aryl methyl sites for hydroxylation is 1. The van der Waals surface area contributed by atoms with Crippen LogP contribution in [0.4, 0.5) is 0 Å². The summed E-state index contributed by atoms with van der Waals surface area (Å²) in [5, 5.41) is 4.52. The van der Waals surface area contributed by atoms with Crippen LogP contribution in [-0.2, 0) is 0 Å². The minimum Gasteiger partial charge on any atom is -0.349 e. The van der Waals surface area contributed by atoms with Gasteiger partial charge in [0.2, 0.25) is 0 Å². The fourth-order valence-corrected chi connectivity index (χ4v) is 2.25. The first-order chi connectivity index (χ1) is 8.08. The van der Waals surface area contributed by atoms with E-state index in [-0.39, 0.29) is 11.9 Å². The third-order valence-corrected chi connectivity index (χ3v) is 3.58. The van der Waals surface area contributed by atoms with E-state index in [1.54, 1.807) is 12.1 Å². The summed E-state index contributed by atoms with van der Waals surface area (Å²) in [6.45, 7) is 3.99. The lowest BCUT2D eigenvalue weighted by atomic mass is 10.1. The number of benzene rings is 1. The van der Waals surface area contributed by atoms with Crippen molar-refractivity contribution in [1.82, 2.24) is 5.32 Å². The molecule has 0 fully saturated rings. The molecule has 0 aromatic heterocycles. The van der Waals surface area contributed by atoms with E-state index in [0.29, 0.717) is 10.6 Å². The lowest BCUT2D eigenvalue weighted by molar-refractivity contribution is 0.0935. The molecule has 1 aromatic rings. The van der Waals surface area contributed by atoms with Crippen molar-refractivity contribution in [3.05, 3.63) is 34.3 Å². The molecule has 1 N–H and O–H groups in total. The van der Waals surface area contributed by atoms with Gasteiger partial charge in [-0.2, -0.15) is 0 Å². The van der Waals surface area contributed by atoms with Crippen LogP contribution < -0.4 is 5.32 Å². The van der Waals surface area contributed by atoms with Crippen LogP contribution in [0, 0.1) is 6.92 Å². The van der Waals surface area contributed by atoms with Crippen molar-refractivity contribution in [3.63, 3.8) is 0 Å². The van der Waals surface area contributed by atoms with Gasteiger partial charge in [-0.25, -0.2) is 0 Å². The van der Waals surface area contributed by atoms with E-state index < -0.39 is 0 Å². The molecule has 17 heavy (non-hydrogen) atoms. The highest BCUT2D eigenvalue weighted by Gasteiger charge is 2.12. The molecule has 1 atom stereocenters. The molecular formula is C13H17BrClNO. The van der Waals surface area contributed by atoms with Crippen LogP contribution in [0.1, 0.15) is 35.7 Å². The number of rotatable bonds is 5. The Morgan fingerprint density at radius 3 is 2.76 bits per heavy atom. The van der Waals surface area contributed by atoms with Crippen molar-refractivity contribution >= 4 is 33.4 Å². The maximum absolute atomic E-state index is 12.0. The van der Waals surface area contributed by atoms with Crippen LogP contribution in [0.3, 0.4) is 0 Å². The molecule has 0 saturated carbocycles. The second kappa shape index (κ2) is 7.02. The molecule has 0 saturated heterocycles. The zero-order valence-corrected chi connectivity index (χ0v) is 12.4. The minimum atomic E-state index is -0.0558. The minimum absolute atomic E-state index is 0.0558. The molecule has 1 amide bonds. The number of amides is 1. The summed E-state index contributed by atoms with van der Waals surface area (Å²) in [6, 6.07) is 5.59. The monoisotopic (exact) mass is 317 g/mol. The molecule has 4 heteroatoms. The Morgan fingerprint density at radius 2 is 2.24 bits per heavy atom. The number of carbonyl (C=O) groups is 1. The number of nitrogens with one attached hydrogen (secondary N) is 1. The average molecular weight is 319 g/mol. The smallest absolute Gasteiger partial charge is 0.251 e. The topological polar surface area (TPSA) is 29.1 Å². The van der Waals surface area contributed by atoms with E-state index in [9.17, 15) is 4.79 Å². The summed E-state index contributed by atoms with van der Waals surface area (Å²) in [5.41, 5.74) is 1.60. The summed E-state index contributed by atoms with van der Waals surface area (Å²) in [5.74, 6) is -0.0558. The zero-order valence-electron chi connectivity index (χ0n) is 10.1. The van der Waals surface area contributed by atoms with Gasteiger partial charge < -0.3 is 5.32 Å². The molecule has 0 heterocycles. The molecule has 1 aromatic carbocycles. The Balaban J connectivity index is 2.72. The molecule has 2 nitrogen and oxygen atoms in total. The molecule has 0 aliphatic heterocycles. The highest BCUT2D eigenvalue weighted by molar-refractivity contribution is 9.09. The Bertz CT molecular complexity index is 395. The van der Waals surface area contributed by atoms with Crippen LogP contribution >= 0.6 is 27.5 Å². The van der Waals surface area contributed by atoms with Gasteiger partial charge in [0.05, 0.1) is 0 Å². The summed E-state index contributed by atoms with van der Waals surface area (Å²) in [7, 11) is 0. The first-order valence-corrected chi connectivity index (χ1v) is 7.21. The molecule has 0 aliphatic carbocycles. The third kappa shape index (κ3) is 4.32. The van der Waals surface area contributed by atoms with Crippen molar-refractivity contribution in [2.75, 3.05) is 5.33 Å². The molecule has 0 bridgehead atoms. The highest BCUT2D eigenvalue weighted by Crippen LogP contribution is 2.16. The van der Waals surface area contributed by atoms with Crippen LogP contribution in [0.2, 0.25) is 5.02 Å². The SMILES string of the molecule is CCC(CCBr)NC(=O)c1ccc(C)c(Cl)c1. The van der Waals surface area contributed by atoms with Gasteiger partial charge in [-0.15, -0.1) is 0 Å². The zero-order chi connectivity index (χ0) is 12.8. The third-order valence-electron chi connectivity index (χ3n) is 2.72. The summed E-state index contributed by atoms with van der Waals surface area (Å²) >= 11 is 9.39. The van der Waals surface area contributed by atoms with Crippen molar-refractivity contribution in [2.45, 2.75) is 32.7 Å². The maximum atomic E-state index is 12.0. The number of alkyl halides is 1. The molecule has 0 radical (unpaired) electrons. The van der Waals surface area contributed by atoms with Crippen molar-refractivity contribution in [2.24, 2.45) is 0 Å². The Labute approximate surface area is 116 Å². The number of hydrogen-bond donors (Lipinski definition) is 1. The fourth-order valence-electron chi connectivity index (χ4n) is 1.51. The number of carbonyl (C=O) groups excluding carboxylic acids is 1. The lowest BCUT2D eigenvalue weighted by Gasteiger charge is -2.15. The second-order valence-corrected chi connectivity index (χ2v) is 5.22. The van der Waals surface area contributed by atoms with Crippen LogP contribution in [0.15, 0.2) is 18.2 Å². The van der Waals surface area contributed by atoms with Crippen molar-refractivity contribution < 1.29 is 4.79 Å². The molecule has 1 rings (SSSR count). The number of hydrogen-bond acceptors (Lipinski definition) is 1. The van der Waals surface area contributed by atoms with Crippen molar-refractivity contribution in [1.29, 1.82) is 0 Å². The van der Waals surface area contributed by atoms with Gasteiger partial charge in [-0.1, -0.05) is 40.5 Å². The Morgan fingerprint density at radius 1 is 1.53 bits per heavy atom. The largest absolute Gasteiger partial charge is 0.349 e. The fraction of sp³-hybridized carbons (Fsp3) is 0.462. The lowest BCUT2D eigenvalue weighted by Crippen LogP contribution is -2.34. The van der Waals surface area contributed by atoms with E-state index >= 15 is 0 Å². The van der Waals surface area contributed by atoms with Crippen LogP contribution in [0.25, 0.3) is 0 Å². The van der Waals surface area contributed by atoms with Gasteiger partial charge >= 0.3 is 0 Å². The van der Waals surface area contributed by atoms with Gasteiger partial charge in [0.25, 0.3) is 5.91 Å². The predicted molar refractivity (Wildman–Crippen MR) is 76.1 cm³/mol. The summed E-state index contributed by atoms with van der Waals surface area (Å²) < 4.78 is 0. The molecule has 1 unspecified atom stereocenters. The highest BCUT2D eigenvalue weighted by atomic mass is 79.9. The first-order valence-electron chi connectivity index (χ1n) is 5.71. The second-order valence-electron chi connectivity index (χ2n) is 4.02. The predicted octanol–water partition coefficient (Wildman–Crippen LogP) is 3.94.